The predicted molar refractivity (Wildman–Crippen MR) is 79.3 cm³/mol. The highest BCUT2D eigenvalue weighted by molar-refractivity contribution is 5.93. The molecule has 0 aliphatic carbocycles. The first-order chi connectivity index (χ1) is 9.58. The number of nitrogens with two attached hydrogens (primary N) is 1. The number of amides is 1. The lowest BCUT2D eigenvalue weighted by Crippen LogP contribution is -2.23. The molecule has 1 fully saturated rings. The number of carbonyl (C=O) groups excluding carboxylic acids is 1. The number of benzene rings is 1. The normalized spacial score (nSPS) is 21.1. The van der Waals surface area contributed by atoms with Crippen LogP contribution in [0.4, 0.5) is 5.69 Å². The fraction of sp³-hybridized carbons (Fsp3) is 0.438. The molecule has 2 unspecified atom stereocenters. The predicted octanol–water partition coefficient (Wildman–Crippen LogP) is 1.67. The molecular weight excluding hydrogens is 252 g/mol. The van der Waals surface area contributed by atoms with Gasteiger partial charge in [0.15, 0.2) is 0 Å². The highest BCUT2D eigenvalue weighted by Gasteiger charge is 2.28. The third-order valence-corrected chi connectivity index (χ3v) is 3.25. The summed E-state index contributed by atoms with van der Waals surface area (Å²) in [6, 6.07) is 5.77. The Morgan fingerprint density at radius 1 is 1.50 bits per heavy atom. The Labute approximate surface area is 119 Å². The highest BCUT2D eigenvalue weighted by Crippen LogP contribution is 2.21. The molecular formula is C16H20N2O2. The van der Waals surface area contributed by atoms with Gasteiger partial charge in [-0.1, -0.05) is 11.8 Å². The van der Waals surface area contributed by atoms with E-state index in [1.165, 1.54) is 0 Å². The van der Waals surface area contributed by atoms with Crippen molar-refractivity contribution in [2.75, 3.05) is 18.5 Å². The van der Waals surface area contributed by atoms with E-state index >= 15 is 0 Å². The molecule has 0 aromatic heterocycles. The number of anilines is 1. The largest absolute Gasteiger partial charge is 0.378 e. The van der Waals surface area contributed by atoms with Crippen molar-refractivity contribution in [1.82, 2.24) is 0 Å². The van der Waals surface area contributed by atoms with Gasteiger partial charge in [-0.05, 0) is 44.0 Å². The summed E-state index contributed by atoms with van der Waals surface area (Å²) in [5, 5.41) is 2.94. The molecule has 1 aliphatic heterocycles. The first-order valence-electron chi connectivity index (χ1n) is 6.81. The van der Waals surface area contributed by atoms with Crippen molar-refractivity contribution in [2.24, 2.45) is 11.7 Å². The van der Waals surface area contributed by atoms with Gasteiger partial charge in [-0.15, -0.1) is 0 Å². The molecule has 1 saturated heterocycles. The minimum absolute atomic E-state index is 0.0117. The Hall–Kier alpha value is -1.83. The van der Waals surface area contributed by atoms with Crippen LogP contribution in [-0.4, -0.2) is 25.2 Å². The number of rotatable bonds is 2. The molecule has 0 radical (unpaired) electrons. The second-order valence-corrected chi connectivity index (χ2v) is 5.16. The topological polar surface area (TPSA) is 64.3 Å². The summed E-state index contributed by atoms with van der Waals surface area (Å²) in [5.41, 5.74) is 8.06. The highest BCUT2D eigenvalue weighted by atomic mass is 16.5. The molecule has 4 nitrogen and oxygen atoms in total. The van der Waals surface area contributed by atoms with Crippen molar-refractivity contribution in [3.8, 4) is 11.8 Å². The van der Waals surface area contributed by atoms with Gasteiger partial charge in [-0.2, -0.15) is 0 Å². The van der Waals surface area contributed by atoms with E-state index in [-0.39, 0.29) is 17.9 Å². The monoisotopic (exact) mass is 272 g/mol. The van der Waals surface area contributed by atoms with Gasteiger partial charge in [0.05, 0.1) is 25.2 Å². The average molecular weight is 272 g/mol. The molecule has 1 aromatic carbocycles. The number of hydrogen-bond donors (Lipinski definition) is 2. The molecule has 1 amide bonds. The summed E-state index contributed by atoms with van der Waals surface area (Å²) in [5.74, 6) is 5.75. The average Bonchev–Trinajstić information content (AvgIpc) is 2.82. The SMILES string of the molecule is Cc1cc(C#CCN)cc(NC(=O)C2COC(C)C2)c1. The maximum atomic E-state index is 12.1. The van der Waals surface area contributed by atoms with Crippen LogP contribution in [0.3, 0.4) is 0 Å². The molecule has 0 saturated carbocycles. The third-order valence-electron chi connectivity index (χ3n) is 3.25. The zero-order valence-electron chi connectivity index (χ0n) is 11.9. The van der Waals surface area contributed by atoms with Gasteiger partial charge >= 0.3 is 0 Å². The second kappa shape index (κ2) is 6.56. The van der Waals surface area contributed by atoms with E-state index in [0.29, 0.717) is 13.2 Å². The number of hydrogen-bond acceptors (Lipinski definition) is 3. The minimum Gasteiger partial charge on any atom is -0.378 e. The molecule has 3 N–H and O–H groups in total. The van der Waals surface area contributed by atoms with Crippen LogP contribution in [0, 0.1) is 24.7 Å². The van der Waals surface area contributed by atoms with Crippen LogP contribution >= 0.6 is 0 Å². The summed E-state index contributed by atoms with van der Waals surface area (Å²) in [6.07, 6.45) is 0.937. The van der Waals surface area contributed by atoms with Gasteiger partial charge in [0.1, 0.15) is 0 Å². The van der Waals surface area contributed by atoms with Crippen LogP contribution in [0.1, 0.15) is 24.5 Å². The van der Waals surface area contributed by atoms with Crippen LogP contribution < -0.4 is 11.1 Å². The number of ether oxygens (including phenoxy) is 1. The van der Waals surface area contributed by atoms with E-state index in [1.54, 1.807) is 0 Å². The third kappa shape index (κ3) is 3.83. The maximum Gasteiger partial charge on any atom is 0.229 e. The Kier molecular flexibility index (Phi) is 4.78. The molecule has 2 atom stereocenters. The second-order valence-electron chi connectivity index (χ2n) is 5.16. The van der Waals surface area contributed by atoms with E-state index in [1.807, 2.05) is 32.0 Å². The molecule has 20 heavy (non-hydrogen) atoms. The van der Waals surface area contributed by atoms with Crippen molar-refractivity contribution >= 4 is 11.6 Å². The van der Waals surface area contributed by atoms with Crippen LogP contribution in [0.15, 0.2) is 18.2 Å². The van der Waals surface area contributed by atoms with Crippen molar-refractivity contribution in [2.45, 2.75) is 26.4 Å². The summed E-state index contributed by atoms with van der Waals surface area (Å²) in [7, 11) is 0. The first kappa shape index (κ1) is 14.6. The van der Waals surface area contributed by atoms with Gasteiger partial charge in [0, 0.05) is 11.3 Å². The van der Waals surface area contributed by atoms with Crippen molar-refractivity contribution < 1.29 is 9.53 Å². The van der Waals surface area contributed by atoms with Gasteiger partial charge in [-0.25, -0.2) is 0 Å². The van der Waals surface area contributed by atoms with E-state index < -0.39 is 0 Å². The van der Waals surface area contributed by atoms with Crippen LogP contribution in [0.2, 0.25) is 0 Å². The quantitative estimate of drug-likeness (QED) is 0.805. The smallest absolute Gasteiger partial charge is 0.229 e. The number of aryl methyl sites for hydroxylation is 1. The van der Waals surface area contributed by atoms with Gasteiger partial charge in [0.2, 0.25) is 5.91 Å². The fourth-order valence-electron chi connectivity index (χ4n) is 2.32. The van der Waals surface area contributed by atoms with Crippen molar-refractivity contribution in [3.05, 3.63) is 29.3 Å². The van der Waals surface area contributed by atoms with Crippen LogP contribution in [0.25, 0.3) is 0 Å². The maximum absolute atomic E-state index is 12.1. The summed E-state index contributed by atoms with van der Waals surface area (Å²) < 4.78 is 5.43. The molecule has 4 heteroatoms. The molecule has 2 rings (SSSR count). The van der Waals surface area contributed by atoms with E-state index in [9.17, 15) is 4.79 Å². The fourth-order valence-corrected chi connectivity index (χ4v) is 2.32. The Bertz CT molecular complexity index is 557. The Balaban J connectivity index is 2.08. The summed E-state index contributed by atoms with van der Waals surface area (Å²) in [4.78, 5) is 12.1. The number of nitrogens with one attached hydrogen (secondary N) is 1. The zero-order valence-corrected chi connectivity index (χ0v) is 11.9. The first-order valence-corrected chi connectivity index (χ1v) is 6.81. The molecule has 0 spiro atoms. The van der Waals surface area contributed by atoms with E-state index in [4.69, 9.17) is 10.5 Å². The number of carbonyl (C=O) groups is 1. The van der Waals surface area contributed by atoms with E-state index in [0.717, 1.165) is 23.2 Å². The Morgan fingerprint density at radius 2 is 2.30 bits per heavy atom. The lowest BCUT2D eigenvalue weighted by Gasteiger charge is -2.10. The van der Waals surface area contributed by atoms with Gasteiger partial charge < -0.3 is 15.8 Å². The molecule has 106 valence electrons. The lowest BCUT2D eigenvalue weighted by molar-refractivity contribution is -0.119. The van der Waals surface area contributed by atoms with Crippen LogP contribution in [-0.2, 0) is 9.53 Å². The molecule has 1 aliphatic rings. The zero-order chi connectivity index (χ0) is 14.5. The van der Waals surface area contributed by atoms with Crippen molar-refractivity contribution in [1.29, 1.82) is 0 Å². The summed E-state index contributed by atoms with van der Waals surface area (Å²) >= 11 is 0. The molecule has 1 aromatic rings. The van der Waals surface area contributed by atoms with Crippen molar-refractivity contribution in [3.63, 3.8) is 0 Å². The minimum atomic E-state index is -0.0657. The lowest BCUT2D eigenvalue weighted by atomic mass is 10.0. The van der Waals surface area contributed by atoms with Gasteiger partial charge in [-0.3, -0.25) is 4.79 Å². The standard InChI is InChI=1S/C16H20N2O2/c1-11-6-13(4-3-5-17)9-15(7-11)18-16(19)14-8-12(2)20-10-14/h6-7,9,12,14H,5,8,10,17H2,1-2H3,(H,18,19). The van der Waals surface area contributed by atoms with Gasteiger partial charge in [0.25, 0.3) is 0 Å². The van der Waals surface area contributed by atoms with Crippen LogP contribution in [0.5, 0.6) is 0 Å². The summed E-state index contributed by atoms with van der Waals surface area (Å²) in [6.45, 7) is 4.79. The molecule has 0 bridgehead atoms. The molecule has 1 heterocycles. The Morgan fingerprint density at radius 3 is 2.95 bits per heavy atom. The van der Waals surface area contributed by atoms with E-state index in [2.05, 4.69) is 17.2 Å².